The predicted molar refractivity (Wildman–Crippen MR) is 110 cm³/mol. The molecular formula is C22H22N2O4. The highest BCUT2D eigenvalue weighted by atomic mass is 16.5. The Morgan fingerprint density at radius 3 is 1.79 bits per heavy atom. The first-order valence-electron chi connectivity index (χ1n) is 8.74. The Labute approximate surface area is 164 Å². The number of ether oxygens (including phenoxy) is 3. The van der Waals surface area contributed by atoms with Gasteiger partial charge >= 0.3 is 0 Å². The Morgan fingerprint density at radius 1 is 0.714 bits per heavy atom. The zero-order chi connectivity index (χ0) is 19.8. The molecule has 0 atom stereocenters. The number of hydrogen-bond donors (Lipinski definition) is 2. The summed E-state index contributed by atoms with van der Waals surface area (Å²) in [5, 5.41) is 6.03. The van der Waals surface area contributed by atoms with E-state index in [1.807, 2.05) is 48.5 Å². The quantitative estimate of drug-likeness (QED) is 0.569. The number of benzene rings is 3. The second-order valence-corrected chi connectivity index (χ2v) is 5.90. The first-order chi connectivity index (χ1) is 13.7. The molecule has 6 nitrogen and oxygen atoms in total. The first-order valence-corrected chi connectivity index (χ1v) is 8.74. The van der Waals surface area contributed by atoms with Crippen LogP contribution in [-0.2, 0) is 0 Å². The first kappa shape index (κ1) is 19.1. The highest BCUT2D eigenvalue weighted by Gasteiger charge is 2.06. The van der Waals surface area contributed by atoms with Crippen molar-refractivity contribution in [2.24, 2.45) is 0 Å². The van der Waals surface area contributed by atoms with Gasteiger partial charge < -0.3 is 24.8 Å². The highest BCUT2D eigenvalue weighted by Crippen LogP contribution is 2.18. The number of methoxy groups -OCH3 is 2. The number of carbonyl (C=O) groups excluding carboxylic acids is 1. The van der Waals surface area contributed by atoms with E-state index in [1.54, 1.807) is 38.5 Å². The Morgan fingerprint density at radius 2 is 1.21 bits per heavy atom. The van der Waals surface area contributed by atoms with Crippen LogP contribution < -0.4 is 24.8 Å². The zero-order valence-electron chi connectivity index (χ0n) is 15.8. The fraction of sp³-hybridized carbons (Fsp3) is 0.136. The third-order valence-electron chi connectivity index (χ3n) is 4.07. The van der Waals surface area contributed by atoms with E-state index in [4.69, 9.17) is 14.2 Å². The fourth-order valence-corrected chi connectivity index (χ4v) is 2.49. The second-order valence-electron chi connectivity index (χ2n) is 5.90. The molecule has 0 radical (unpaired) electrons. The summed E-state index contributed by atoms with van der Waals surface area (Å²) in [5.74, 6) is 2.07. The monoisotopic (exact) mass is 378 g/mol. The number of nitrogens with one attached hydrogen (secondary N) is 2. The minimum atomic E-state index is -0.175. The summed E-state index contributed by atoms with van der Waals surface area (Å²) in [6.45, 7) is 0.323. The van der Waals surface area contributed by atoms with E-state index in [0.717, 1.165) is 17.2 Å². The lowest BCUT2D eigenvalue weighted by atomic mass is 10.2. The topological polar surface area (TPSA) is 68.8 Å². The van der Waals surface area contributed by atoms with Gasteiger partial charge in [-0.25, -0.2) is 0 Å². The number of hydrogen-bond acceptors (Lipinski definition) is 5. The summed E-state index contributed by atoms with van der Waals surface area (Å²) in [5.41, 5.74) is 2.16. The average Bonchev–Trinajstić information content (AvgIpc) is 2.75. The Balaban J connectivity index is 1.49. The van der Waals surface area contributed by atoms with Crippen LogP contribution in [-0.4, -0.2) is 26.9 Å². The summed E-state index contributed by atoms with van der Waals surface area (Å²) in [6, 6.07) is 21.7. The minimum Gasteiger partial charge on any atom is -0.497 e. The molecule has 0 heterocycles. The molecular weight excluding hydrogens is 356 g/mol. The van der Waals surface area contributed by atoms with Crippen molar-refractivity contribution in [2.45, 2.75) is 0 Å². The van der Waals surface area contributed by atoms with Crippen LogP contribution in [0.4, 0.5) is 11.4 Å². The maximum atomic E-state index is 12.3. The molecule has 0 aliphatic rings. The van der Waals surface area contributed by atoms with Crippen molar-refractivity contribution in [3.05, 3.63) is 78.4 Å². The van der Waals surface area contributed by atoms with E-state index >= 15 is 0 Å². The van der Waals surface area contributed by atoms with Gasteiger partial charge in [0.2, 0.25) is 0 Å². The lowest BCUT2D eigenvalue weighted by Crippen LogP contribution is -2.12. The lowest BCUT2D eigenvalue weighted by molar-refractivity contribution is 0.102. The van der Waals surface area contributed by atoms with Crippen LogP contribution in [0.1, 0.15) is 10.4 Å². The van der Waals surface area contributed by atoms with Crippen LogP contribution in [0.15, 0.2) is 72.8 Å². The summed E-state index contributed by atoms with van der Waals surface area (Å²) in [7, 11) is 3.22. The van der Waals surface area contributed by atoms with Crippen LogP contribution in [0.3, 0.4) is 0 Å². The van der Waals surface area contributed by atoms with Crippen molar-refractivity contribution in [1.29, 1.82) is 0 Å². The molecule has 0 bridgehead atoms. The van der Waals surface area contributed by atoms with Crippen LogP contribution in [0.25, 0.3) is 0 Å². The van der Waals surface area contributed by atoms with E-state index in [1.165, 1.54) is 0 Å². The molecule has 3 rings (SSSR count). The highest BCUT2D eigenvalue weighted by molar-refractivity contribution is 6.04. The van der Waals surface area contributed by atoms with Gasteiger partial charge in [0.05, 0.1) is 14.2 Å². The molecule has 0 unspecified atom stereocenters. The zero-order valence-corrected chi connectivity index (χ0v) is 15.8. The van der Waals surface area contributed by atoms with Gasteiger partial charge in [0.15, 0.2) is 6.73 Å². The molecule has 3 aromatic carbocycles. The van der Waals surface area contributed by atoms with E-state index in [9.17, 15) is 4.79 Å². The van der Waals surface area contributed by atoms with Gasteiger partial charge in [0.1, 0.15) is 17.2 Å². The van der Waals surface area contributed by atoms with Crippen molar-refractivity contribution >= 4 is 17.3 Å². The number of carbonyl (C=O) groups is 1. The third kappa shape index (κ3) is 5.17. The number of rotatable bonds is 8. The predicted octanol–water partition coefficient (Wildman–Crippen LogP) is 4.40. The maximum Gasteiger partial charge on any atom is 0.255 e. The van der Waals surface area contributed by atoms with E-state index in [-0.39, 0.29) is 5.91 Å². The SMILES string of the molecule is COc1ccc(OCNc2ccc(NC(=O)c3ccc(OC)cc3)cc2)cc1. The van der Waals surface area contributed by atoms with Crippen molar-refractivity contribution in [3.63, 3.8) is 0 Å². The molecule has 0 fully saturated rings. The van der Waals surface area contributed by atoms with E-state index in [2.05, 4.69) is 10.6 Å². The maximum absolute atomic E-state index is 12.3. The minimum absolute atomic E-state index is 0.175. The van der Waals surface area contributed by atoms with Crippen molar-refractivity contribution < 1.29 is 19.0 Å². The number of anilines is 2. The number of amides is 1. The van der Waals surface area contributed by atoms with Gasteiger partial charge in [0, 0.05) is 16.9 Å². The smallest absolute Gasteiger partial charge is 0.255 e. The fourth-order valence-electron chi connectivity index (χ4n) is 2.49. The molecule has 3 aromatic rings. The normalized spacial score (nSPS) is 10.1. The standard InChI is InChI=1S/C22H22N2O4/c1-26-19-9-3-16(4-10-19)22(25)24-18-7-5-17(6-8-18)23-15-28-21-13-11-20(27-2)12-14-21/h3-14,23H,15H2,1-2H3,(H,24,25). The van der Waals surface area contributed by atoms with Gasteiger partial charge in [0.25, 0.3) is 5.91 Å². The summed E-state index contributed by atoms with van der Waals surface area (Å²) >= 11 is 0. The van der Waals surface area contributed by atoms with Crippen LogP contribution in [0.2, 0.25) is 0 Å². The summed E-state index contributed by atoms with van der Waals surface area (Å²) in [6.07, 6.45) is 0. The van der Waals surface area contributed by atoms with E-state index < -0.39 is 0 Å². The molecule has 1 amide bonds. The molecule has 0 saturated heterocycles. The molecule has 144 valence electrons. The second kappa shape index (κ2) is 9.32. The van der Waals surface area contributed by atoms with Gasteiger partial charge in [-0.3, -0.25) is 4.79 Å². The molecule has 0 aliphatic heterocycles. The van der Waals surface area contributed by atoms with Gasteiger partial charge in [-0.05, 0) is 72.8 Å². The molecule has 2 N–H and O–H groups in total. The van der Waals surface area contributed by atoms with Gasteiger partial charge in [-0.2, -0.15) is 0 Å². The summed E-state index contributed by atoms with van der Waals surface area (Å²) in [4.78, 5) is 12.3. The Kier molecular flexibility index (Phi) is 6.36. The molecule has 28 heavy (non-hydrogen) atoms. The molecule has 0 spiro atoms. The Bertz CT molecular complexity index is 891. The van der Waals surface area contributed by atoms with Crippen LogP contribution >= 0.6 is 0 Å². The third-order valence-corrected chi connectivity index (χ3v) is 4.07. The largest absolute Gasteiger partial charge is 0.497 e. The average molecular weight is 378 g/mol. The summed E-state index contributed by atoms with van der Waals surface area (Å²) < 4.78 is 15.8. The lowest BCUT2D eigenvalue weighted by Gasteiger charge is -2.11. The van der Waals surface area contributed by atoms with Gasteiger partial charge in [-0.1, -0.05) is 0 Å². The van der Waals surface area contributed by atoms with Crippen molar-refractivity contribution in [3.8, 4) is 17.2 Å². The van der Waals surface area contributed by atoms with E-state index in [0.29, 0.717) is 23.7 Å². The molecule has 0 aromatic heterocycles. The molecule has 0 saturated carbocycles. The van der Waals surface area contributed by atoms with Crippen LogP contribution in [0.5, 0.6) is 17.2 Å². The van der Waals surface area contributed by atoms with Gasteiger partial charge in [-0.15, -0.1) is 0 Å². The molecule has 0 aliphatic carbocycles. The molecule has 6 heteroatoms. The van der Waals surface area contributed by atoms with Crippen molar-refractivity contribution in [1.82, 2.24) is 0 Å². The van der Waals surface area contributed by atoms with Crippen molar-refractivity contribution in [2.75, 3.05) is 31.6 Å². The Hall–Kier alpha value is -3.67. The van der Waals surface area contributed by atoms with Crippen LogP contribution in [0, 0.1) is 0 Å².